The summed E-state index contributed by atoms with van der Waals surface area (Å²) < 4.78 is 26.9. The molecule has 2 aromatic carbocycles. The summed E-state index contributed by atoms with van der Waals surface area (Å²) in [6, 6.07) is 16.2. The smallest absolute Gasteiger partial charge is 0.251 e. The monoisotopic (exact) mass is 439 g/mol. The van der Waals surface area contributed by atoms with Gasteiger partial charge in [-0.3, -0.25) is 9.69 Å². The van der Waals surface area contributed by atoms with E-state index in [1.807, 2.05) is 18.2 Å². The van der Waals surface area contributed by atoms with Crippen LogP contribution in [0.25, 0.3) is 0 Å². The summed E-state index contributed by atoms with van der Waals surface area (Å²) in [5.41, 5.74) is 1.45. The van der Waals surface area contributed by atoms with Gasteiger partial charge in [0.05, 0.1) is 17.5 Å². The number of hydrogen-bond acceptors (Lipinski definition) is 4. The first kappa shape index (κ1) is 23.0. The van der Waals surface area contributed by atoms with Gasteiger partial charge in [0.1, 0.15) is 0 Å². The normalized spacial score (nSPS) is 16.4. The molecule has 164 valence electrons. The van der Waals surface area contributed by atoms with Crippen molar-refractivity contribution in [1.29, 1.82) is 0 Å². The fraction of sp³-hybridized carbons (Fsp3) is 0.375. The molecule has 1 fully saturated rings. The van der Waals surface area contributed by atoms with Crippen molar-refractivity contribution in [2.45, 2.75) is 30.7 Å². The first-order valence-corrected chi connectivity index (χ1v) is 12.0. The van der Waals surface area contributed by atoms with Crippen molar-refractivity contribution >= 4 is 15.9 Å². The molecule has 2 N–H and O–H groups in total. The van der Waals surface area contributed by atoms with E-state index < -0.39 is 10.0 Å². The maximum atomic E-state index is 12.8. The predicted molar refractivity (Wildman–Crippen MR) is 122 cm³/mol. The summed E-state index contributed by atoms with van der Waals surface area (Å²) >= 11 is 0. The Hall–Kier alpha value is -2.66. The lowest BCUT2D eigenvalue weighted by atomic mass is 9.95. The number of terminal acetylenes is 1. The first-order chi connectivity index (χ1) is 14.9. The van der Waals surface area contributed by atoms with Gasteiger partial charge in [-0.05, 0) is 55.6 Å². The van der Waals surface area contributed by atoms with Gasteiger partial charge in [0.15, 0.2) is 0 Å². The number of piperidine rings is 1. The molecule has 7 heteroatoms. The molecule has 0 aromatic heterocycles. The molecule has 1 aliphatic heterocycles. The number of sulfonamides is 1. The minimum absolute atomic E-state index is 0.0139. The Morgan fingerprint density at radius 2 is 1.87 bits per heavy atom. The van der Waals surface area contributed by atoms with Crippen LogP contribution >= 0.6 is 0 Å². The molecule has 31 heavy (non-hydrogen) atoms. The fourth-order valence-corrected chi connectivity index (χ4v) is 4.77. The van der Waals surface area contributed by atoms with E-state index in [4.69, 9.17) is 6.42 Å². The third-order valence-electron chi connectivity index (χ3n) is 5.67. The SMILES string of the molecule is C#CCNS(=O)(=O)c1cccc(C(=O)NCC(c2ccccc2)N2CCC(C)CC2)c1. The summed E-state index contributed by atoms with van der Waals surface area (Å²) in [6.45, 7) is 4.60. The molecular weight excluding hydrogens is 410 g/mol. The molecule has 0 spiro atoms. The van der Waals surface area contributed by atoms with Gasteiger partial charge in [0, 0.05) is 12.1 Å². The zero-order chi connectivity index (χ0) is 22.3. The summed E-state index contributed by atoms with van der Waals surface area (Å²) in [5.74, 6) is 2.65. The molecule has 1 heterocycles. The van der Waals surface area contributed by atoms with Crippen molar-refractivity contribution in [3.63, 3.8) is 0 Å². The molecule has 1 amide bonds. The lowest BCUT2D eigenvalue weighted by Gasteiger charge is -2.37. The molecule has 1 aliphatic rings. The van der Waals surface area contributed by atoms with E-state index in [2.05, 4.69) is 39.9 Å². The zero-order valence-electron chi connectivity index (χ0n) is 17.8. The topological polar surface area (TPSA) is 78.5 Å². The molecule has 0 radical (unpaired) electrons. The van der Waals surface area contributed by atoms with E-state index >= 15 is 0 Å². The highest BCUT2D eigenvalue weighted by Gasteiger charge is 2.25. The van der Waals surface area contributed by atoms with Crippen molar-refractivity contribution in [3.8, 4) is 12.3 Å². The minimum Gasteiger partial charge on any atom is -0.350 e. The molecule has 3 rings (SSSR count). The van der Waals surface area contributed by atoms with Crippen molar-refractivity contribution in [2.24, 2.45) is 5.92 Å². The van der Waals surface area contributed by atoms with E-state index in [9.17, 15) is 13.2 Å². The molecule has 1 unspecified atom stereocenters. The largest absolute Gasteiger partial charge is 0.350 e. The number of nitrogens with one attached hydrogen (secondary N) is 2. The number of hydrogen-bond donors (Lipinski definition) is 2. The summed E-state index contributed by atoms with van der Waals surface area (Å²) in [6.07, 6.45) is 7.41. The van der Waals surface area contributed by atoms with Crippen molar-refractivity contribution < 1.29 is 13.2 Å². The van der Waals surface area contributed by atoms with Crippen LogP contribution < -0.4 is 10.0 Å². The Bertz CT molecular complexity index is 1020. The lowest BCUT2D eigenvalue weighted by Crippen LogP contribution is -2.42. The van der Waals surface area contributed by atoms with Crippen molar-refractivity contribution in [3.05, 3.63) is 65.7 Å². The Labute approximate surface area is 185 Å². The van der Waals surface area contributed by atoms with Crippen molar-refractivity contribution in [2.75, 3.05) is 26.2 Å². The van der Waals surface area contributed by atoms with E-state index in [0.29, 0.717) is 12.1 Å². The quantitative estimate of drug-likeness (QED) is 0.620. The predicted octanol–water partition coefficient (Wildman–Crippen LogP) is 2.80. The second-order valence-electron chi connectivity index (χ2n) is 7.91. The Kier molecular flexibility index (Phi) is 7.85. The van der Waals surface area contributed by atoms with Crippen LogP contribution in [0.1, 0.15) is 41.7 Å². The number of benzene rings is 2. The number of nitrogens with zero attached hydrogens (tertiary/aromatic N) is 1. The van der Waals surface area contributed by atoms with E-state index in [-0.39, 0.29) is 23.4 Å². The number of rotatable bonds is 8. The van der Waals surface area contributed by atoms with Crippen molar-refractivity contribution in [1.82, 2.24) is 14.9 Å². The van der Waals surface area contributed by atoms with Crippen LogP contribution in [0.4, 0.5) is 0 Å². The number of carbonyl (C=O) groups is 1. The summed E-state index contributed by atoms with van der Waals surface area (Å²) in [7, 11) is -3.76. The zero-order valence-corrected chi connectivity index (χ0v) is 18.6. The summed E-state index contributed by atoms with van der Waals surface area (Å²) in [4.78, 5) is 15.3. The Morgan fingerprint density at radius 3 is 2.55 bits per heavy atom. The minimum atomic E-state index is -3.76. The highest BCUT2D eigenvalue weighted by atomic mass is 32.2. The number of likely N-dealkylation sites (tertiary alicyclic amines) is 1. The van der Waals surface area contributed by atoms with Crippen LogP contribution in [0.5, 0.6) is 0 Å². The fourth-order valence-electron chi connectivity index (χ4n) is 3.79. The van der Waals surface area contributed by atoms with Crippen LogP contribution in [0.15, 0.2) is 59.5 Å². The molecule has 1 atom stereocenters. The molecule has 0 bridgehead atoms. The Morgan fingerprint density at radius 1 is 1.16 bits per heavy atom. The maximum absolute atomic E-state index is 12.8. The lowest BCUT2D eigenvalue weighted by molar-refractivity contribution is 0.0913. The highest BCUT2D eigenvalue weighted by molar-refractivity contribution is 7.89. The van der Waals surface area contributed by atoms with Gasteiger partial charge in [0.2, 0.25) is 10.0 Å². The van der Waals surface area contributed by atoms with Gasteiger partial charge in [-0.2, -0.15) is 4.72 Å². The van der Waals surface area contributed by atoms with Crippen LogP contribution in [0.2, 0.25) is 0 Å². The van der Waals surface area contributed by atoms with Gasteiger partial charge >= 0.3 is 0 Å². The molecule has 0 saturated carbocycles. The Balaban J connectivity index is 1.73. The van der Waals surface area contributed by atoms with E-state index in [0.717, 1.165) is 37.4 Å². The third-order valence-corrected chi connectivity index (χ3v) is 7.07. The molecular formula is C24H29N3O3S. The van der Waals surface area contributed by atoms with Gasteiger partial charge < -0.3 is 5.32 Å². The number of carbonyl (C=O) groups excluding carboxylic acids is 1. The van der Waals surface area contributed by atoms with Crippen LogP contribution in [0, 0.1) is 18.3 Å². The second-order valence-corrected chi connectivity index (χ2v) is 9.68. The van der Waals surface area contributed by atoms with Crippen LogP contribution in [0.3, 0.4) is 0 Å². The van der Waals surface area contributed by atoms with Gasteiger partial charge in [0.25, 0.3) is 5.91 Å². The average Bonchev–Trinajstić information content (AvgIpc) is 2.79. The molecule has 2 aromatic rings. The maximum Gasteiger partial charge on any atom is 0.251 e. The van der Waals surface area contributed by atoms with Gasteiger partial charge in [-0.15, -0.1) is 6.42 Å². The highest BCUT2D eigenvalue weighted by Crippen LogP contribution is 2.26. The average molecular weight is 440 g/mol. The van der Waals surface area contributed by atoms with Gasteiger partial charge in [-0.25, -0.2) is 8.42 Å². The first-order valence-electron chi connectivity index (χ1n) is 10.5. The molecule has 6 nitrogen and oxygen atoms in total. The van der Waals surface area contributed by atoms with E-state index in [1.165, 1.54) is 12.1 Å². The third kappa shape index (κ3) is 6.17. The van der Waals surface area contributed by atoms with E-state index in [1.54, 1.807) is 12.1 Å². The second kappa shape index (κ2) is 10.6. The standard InChI is InChI=1S/C24H29N3O3S/c1-3-14-26-31(29,30)22-11-7-10-21(17-22)24(28)25-18-23(20-8-5-4-6-9-20)27-15-12-19(2)13-16-27/h1,4-11,17,19,23,26H,12-16,18H2,2H3,(H,25,28). The van der Waals surface area contributed by atoms with Crippen LogP contribution in [-0.2, 0) is 10.0 Å². The van der Waals surface area contributed by atoms with Crippen LogP contribution in [-0.4, -0.2) is 45.4 Å². The summed E-state index contributed by atoms with van der Waals surface area (Å²) in [5, 5.41) is 3.00. The molecule has 0 aliphatic carbocycles. The van der Waals surface area contributed by atoms with Gasteiger partial charge in [-0.1, -0.05) is 49.2 Å². The number of amides is 1. The molecule has 1 saturated heterocycles.